The van der Waals surface area contributed by atoms with Crippen molar-refractivity contribution in [2.45, 2.75) is 58.7 Å². The number of piperidine rings is 1. The second-order valence-electron chi connectivity index (χ2n) is 8.39. The van der Waals surface area contributed by atoms with Crippen molar-refractivity contribution >= 4 is 28.5 Å². The number of pyridine rings is 1. The molecule has 0 aliphatic carbocycles. The molecule has 2 aliphatic heterocycles. The van der Waals surface area contributed by atoms with Gasteiger partial charge >= 0.3 is 0 Å². The van der Waals surface area contributed by atoms with Crippen molar-refractivity contribution in [3.63, 3.8) is 0 Å². The molecule has 0 aromatic carbocycles. The Balaban J connectivity index is 1.48. The number of aromatic nitrogens is 3. The molecule has 2 fully saturated rings. The quantitative estimate of drug-likeness (QED) is 0.729. The summed E-state index contributed by atoms with van der Waals surface area (Å²) in [7, 11) is 0. The highest BCUT2D eigenvalue weighted by Crippen LogP contribution is 2.28. The number of hydrogen-bond donors (Lipinski definition) is 2. The topological polar surface area (TPSA) is 101 Å². The molecule has 0 unspecified atom stereocenters. The van der Waals surface area contributed by atoms with Gasteiger partial charge in [-0.05, 0) is 32.6 Å². The second kappa shape index (κ2) is 9.64. The van der Waals surface area contributed by atoms with Gasteiger partial charge < -0.3 is 20.3 Å². The van der Waals surface area contributed by atoms with E-state index >= 15 is 0 Å². The third-order valence-corrected chi connectivity index (χ3v) is 6.38. The first-order chi connectivity index (χ1) is 15.1. The summed E-state index contributed by atoms with van der Waals surface area (Å²) in [6, 6.07) is 0.328. The number of amides is 2. The van der Waals surface area contributed by atoms with Crippen LogP contribution in [0.25, 0.3) is 11.0 Å². The van der Waals surface area contributed by atoms with Crippen LogP contribution in [-0.4, -0.2) is 63.8 Å². The minimum atomic E-state index is -0.0537. The zero-order valence-electron chi connectivity index (χ0n) is 18.4. The molecule has 2 aromatic rings. The Hall–Kier alpha value is -2.68. The number of likely N-dealkylation sites (tertiary alicyclic amines) is 1. The molecule has 9 nitrogen and oxygen atoms in total. The molecular weight excluding hydrogens is 396 g/mol. The summed E-state index contributed by atoms with van der Waals surface area (Å²) in [5.41, 5.74) is 2.82. The Morgan fingerprint density at radius 3 is 2.58 bits per heavy atom. The molecule has 9 heteroatoms. The molecule has 2 amide bonds. The van der Waals surface area contributed by atoms with Crippen molar-refractivity contribution in [2.75, 3.05) is 31.6 Å². The van der Waals surface area contributed by atoms with Crippen molar-refractivity contribution in [3.8, 4) is 0 Å². The zero-order valence-corrected chi connectivity index (χ0v) is 18.4. The SMILES string of the molecule is CCn1ncc2c(NC3CCOCC3)c(CNC(=O)C3CCN(C(C)=O)CC3)cnc21. The van der Waals surface area contributed by atoms with E-state index in [0.29, 0.717) is 38.5 Å². The van der Waals surface area contributed by atoms with E-state index < -0.39 is 0 Å². The highest BCUT2D eigenvalue weighted by atomic mass is 16.5. The number of nitrogens with zero attached hydrogens (tertiary/aromatic N) is 4. The number of fused-ring (bicyclic) bond motifs is 1. The maximum Gasteiger partial charge on any atom is 0.223 e. The Labute approximate surface area is 182 Å². The van der Waals surface area contributed by atoms with Gasteiger partial charge in [0.25, 0.3) is 0 Å². The summed E-state index contributed by atoms with van der Waals surface area (Å²) in [6.07, 6.45) is 7.02. The maximum atomic E-state index is 12.8. The predicted octanol–water partition coefficient (Wildman–Crippen LogP) is 1.92. The lowest BCUT2D eigenvalue weighted by atomic mass is 9.96. The molecule has 0 bridgehead atoms. The van der Waals surface area contributed by atoms with Crippen LogP contribution in [-0.2, 0) is 27.4 Å². The molecule has 0 atom stereocenters. The van der Waals surface area contributed by atoms with Crippen molar-refractivity contribution in [1.29, 1.82) is 0 Å². The fraction of sp³-hybridized carbons (Fsp3) is 0.636. The summed E-state index contributed by atoms with van der Waals surface area (Å²) >= 11 is 0. The van der Waals surface area contributed by atoms with Gasteiger partial charge in [0.1, 0.15) is 0 Å². The smallest absolute Gasteiger partial charge is 0.223 e. The van der Waals surface area contributed by atoms with Crippen molar-refractivity contribution in [2.24, 2.45) is 5.92 Å². The number of carbonyl (C=O) groups is 2. The molecule has 168 valence electrons. The normalized spacial score (nSPS) is 18.3. The molecule has 0 spiro atoms. The standard InChI is InChI=1S/C22H32N6O3/c1-3-28-21-19(14-25-28)20(26-18-6-10-31-11-7-18)17(12-23-21)13-24-22(30)16-4-8-27(9-5-16)15(2)29/h12,14,16,18H,3-11,13H2,1-2H3,(H,23,26)(H,24,30). The Bertz CT molecular complexity index is 929. The average molecular weight is 429 g/mol. The number of nitrogens with one attached hydrogen (secondary N) is 2. The van der Waals surface area contributed by atoms with E-state index in [0.717, 1.165) is 54.9 Å². The maximum absolute atomic E-state index is 12.8. The van der Waals surface area contributed by atoms with Gasteiger partial charge in [-0.2, -0.15) is 5.10 Å². The van der Waals surface area contributed by atoms with Crippen LogP contribution in [0.15, 0.2) is 12.4 Å². The molecule has 2 aliphatic rings. The van der Waals surface area contributed by atoms with Crippen molar-refractivity contribution in [3.05, 3.63) is 18.0 Å². The van der Waals surface area contributed by atoms with Crippen molar-refractivity contribution < 1.29 is 14.3 Å². The Kier molecular flexibility index (Phi) is 6.70. The molecule has 2 N–H and O–H groups in total. The monoisotopic (exact) mass is 428 g/mol. The van der Waals surface area contributed by atoms with Gasteiger partial charge in [0.2, 0.25) is 11.8 Å². The van der Waals surface area contributed by atoms with E-state index in [2.05, 4.69) is 20.7 Å². The molecule has 4 rings (SSSR count). The highest BCUT2D eigenvalue weighted by molar-refractivity contribution is 5.91. The summed E-state index contributed by atoms with van der Waals surface area (Å²) in [4.78, 5) is 30.7. The van der Waals surface area contributed by atoms with Crippen molar-refractivity contribution in [1.82, 2.24) is 25.0 Å². The third-order valence-electron chi connectivity index (χ3n) is 6.38. The minimum absolute atomic E-state index is 0.0459. The van der Waals surface area contributed by atoms with E-state index in [9.17, 15) is 9.59 Å². The van der Waals surface area contributed by atoms with Gasteiger partial charge in [0, 0.05) is 70.0 Å². The van der Waals surface area contributed by atoms with Crippen LogP contribution in [0.4, 0.5) is 5.69 Å². The van der Waals surface area contributed by atoms with E-state index in [1.54, 1.807) is 6.92 Å². The van der Waals surface area contributed by atoms with E-state index in [4.69, 9.17) is 4.74 Å². The predicted molar refractivity (Wildman–Crippen MR) is 117 cm³/mol. The Morgan fingerprint density at radius 2 is 1.90 bits per heavy atom. The van der Waals surface area contributed by atoms with E-state index in [1.807, 2.05) is 28.9 Å². The largest absolute Gasteiger partial charge is 0.381 e. The van der Waals surface area contributed by atoms with Gasteiger partial charge in [-0.1, -0.05) is 0 Å². The lowest BCUT2D eigenvalue weighted by Gasteiger charge is -2.30. The van der Waals surface area contributed by atoms with Gasteiger partial charge in [-0.15, -0.1) is 0 Å². The molecular formula is C22H32N6O3. The molecule has 2 saturated heterocycles. The van der Waals surface area contributed by atoms with Gasteiger partial charge in [-0.3, -0.25) is 9.59 Å². The summed E-state index contributed by atoms with van der Waals surface area (Å²) < 4.78 is 7.38. The van der Waals surface area contributed by atoms with Crippen LogP contribution in [0.5, 0.6) is 0 Å². The molecule has 0 saturated carbocycles. The first-order valence-corrected chi connectivity index (χ1v) is 11.3. The third kappa shape index (κ3) is 4.81. The molecule has 31 heavy (non-hydrogen) atoms. The van der Waals surface area contributed by atoms with Crippen LogP contribution in [0.1, 0.15) is 45.1 Å². The van der Waals surface area contributed by atoms with Crippen LogP contribution in [0, 0.1) is 5.92 Å². The number of rotatable bonds is 6. The average Bonchev–Trinajstić information content (AvgIpc) is 3.22. The van der Waals surface area contributed by atoms with Crippen LogP contribution in [0.3, 0.4) is 0 Å². The fourth-order valence-electron chi connectivity index (χ4n) is 4.43. The van der Waals surface area contributed by atoms with Gasteiger partial charge in [-0.25, -0.2) is 9.67 Å². The second-order valence-corrected chi connectivity index (χ2v) is 8.39. The molecule has 2 aromatic heterocycles. The van der Waals surface area contributed by atoms with Gasteiger partial charge in [0.05, 0.1) is 17.3 Å². The molecule has 0 radical (unpaired) electrons. The number of anilines is 1. The summed E-state index contributed by atoms with van der Waals surface area (Å²) in [5.74, 6) is 0.0706. The minimum Gasteiger partial charge on any atom is -0.381 e. The lowest BCUT2D eigenvalue weighted by Crippen LogP contribution is -2.42. The number of ether oxygens (including phenoxy) is 1. The van der Waals surface area contributed by atoms with Crippen LogP contribution in [0.2, 0.25) is 0 Å². The van der Waals surface area contributed by atoms with Crippen LogP contribution >= 0.6 is 0 Å². The van der Waals surface area contributed by atoms with Gasteiger partial charge in [0.15, 0.2) is 5.65 Å². The first-order valence-electron chi connectivity index (χ1n) is 11.3. The number of aryl methyl sites for hydroxylation is 1. The number of carbonyl (C=O) groups excluding carboxylic acids is 2. The zero-order chi connectivity index (χ0) is 21.8. The lowest BCUT2D eigenvalue weighted by molar-refractivity contribution is -0.134. The Morgan fingerprint density at radius 1 is 1.16 bits per heavy atom. The summed E-state index contributed by atoms with van der Waals surface area (Å²) in [5, 5.41) is 12.2. The first kappa shape index (κ1) is 21.5. The summed E-state index contributed by atoms with van der Waals surface area (Å²) in [6.45, 7) is 7.60. The van der Waals surface area contributed by atoms with Crippen LogP contribution < -0.4 is 10.6 Å². The van der Waals surface area contributed by atoms with E-state index in [-0.39, 0.29) is 17.7 Å². The fourth-order valence-corrected chi connectivity index (χ4v) is 4.43. The van der Waals surface area contributed by atoms with E-state index in [1.165, 1.54) is 0 Å². The molecule has 4 heterocycles. The number of hydrogen-bond acceptors (Lipinski definition) is 6. The highest BCUT2D eigenvalue weighted by Gasteiger charge is 2.26.